The number of pyridine rings is 1. The van der Waals surface area contributed by atoms with E-state index in [4.69, 9.17) is 20.3 Å². The van der Waals surface area contributed by atoms with Gasteiger partial charge in [0.05, 0.1) is 19.5 Å². The average molecular weight is 663 g/mol. The average Bonchev–Trinajstić information content (AvgIpc) is 3.61. The van der Waals surface area contributed by atoms with Crippen molar-refractivity contribution in [1.82, 2.24) is 19.5 Å². The SMILES string of the molecule is Nc1ncnc2c1ncn2C1OC(COP(=O)([O-])OP(=O)([O-])OCC2OC([n+]3cccc(C(=O)O)c3)C(O)C2O)C(O)C1O. The zero-order chi connectivity index (χ0) is 32.0. The molecule has 10 atom stereocenters. The van der Waals surface area contributed by atoms with Gasteiger partial charge in [0.2, 0.25) is 0 Å². The fourth-order valence-electron chi connectivity index (χ4n) is 4.54. The van der Waals surface area contributed by atoms with E-state index in [1.54, 1.807) is 0 Å². The van der Waals surface area contributed by atoms with E-state index in [0.29, 0.717) is 0 Å². The molecular weight excluding hydrogens is 638 g/mol. The lowest BCUT2D eigenvalue weighted by atomic mass is 10.1. The van der Waals surface area contributed by atoms with Crippen LogP contribution in [0.1, 0.15) is 22.8 Å². The van der Waals surface area contributed by atoms with Gasteiger partial charge in [-0.2, -0.15) is 4.57 Å². The summed E-state index contributed by atoms with van der Waals surface area (Å²) in [6, 6.07) is 2.60. The van der Waals surface area contributed by atoms with Crippen LogP contribution in [-0.2, 0) is 32.0 Å². The lowest BCUT2D eigenvalue weighted by Crippen LogP contribution is -2.46. The molecule has 2 aliphatic heterocycles. The monoisotopic (exact) mass is 663 g/mol. The third-order valence-electron chi connectivity index (χ3n) is 6.69. The third-order valence-corrected chi connectivity index (χ3v) is 9.22. The van der Waals surface area contributed by atoms with Crippen LogP contribution >= 0.6 is 15.6 Å². The summed E-state index contributed by atoms with van der Waals surface area (Å²) < 4.78 is 50.9. The number of carbonyl (C=O) groups is 1. The Labute approximate surface area is 245 Å². The number of nitrogens with zero attached hydrogens (tertiary/aromatic N) is 5. The number of carboxylic acid groups (broad SMARTS) is 1. The Bertz CT molecular complexity index is 1630. The van der Waals surface area contributed by atoms with Gasteiger partial charge in [0.25, 0.3) is 21.9 Å². The summed E-state index contributed by atoms with van der Waals surface area (Å²) in [6.45, 7) is -2.01. The number of aliphatic hydroxyl groups excluding tert-OH is 4. The summed E-state index contributed by atoms with van der Waals surface area (Å²) in [6.07, 6.45) is -7.64. The van der Waals surface area contributed by atoms with Crippen molar-refractivity contribution in [3.63, 3.8) is 0 Å². The van der Waals surface area contributed by atoms with E-state index >= 15 is 0 Å². The first-order valence-electron chi connectivity index (χ1n) is 12.5. The van der Waals surface area contributed by atoms with Gasteiger partial charge in [0.15, 0.2) is 36.2 Å². The first-order chi connectivity index (χ1) is 20.7. The summed E-state index contributed by atoms with van der Waals surface area (Å²) in [4.78, 5) is 47.5. The number of aromatic carboxylic acids is 1. The third kappa shape index (κ3) is 6.65. The van der Waals surface area contributed by atoms with Crippen LogP contribution in [0.4, 0.5) is 5.82 Å². The largest absolute Gasteiger partial charge is 0.756 e. The fourth-order valence-corrected chi connectivity index (χ4v) is 6.56. The number of hydrogen-bond donors (Lipinski definition) is 6. The maximum absolute atomic E-state index is 12.3. The van der Waals surface area contributed by atoms with E-state index in [1.165, 1.54) is 29.2 Å². The molecule has 0 radical (unpaired) electrons. The quantitative estimate of drug-likeness (QED) is 0.0849. The molecule has 10 unspecified atom stereocenters. The van der Waals surface area contributed by atoms with Crippen LogP contribution in [-0.4, -0.2) is 101 Å². The summed E-state index contributed by atoms with van der Waals surface area (Å²) in [7, 11) is -11.4. The van der Waals surface area contributed by atoms with Crippen LogP contribution in [0.15, 0.2) is 37.2 Å². The van der Waals surface area contributed by atoms with Crippen molar-refractivity contribution >= 4 is 38.6 Å². The summed E-state index contributed by atoms with van der Waals surface area (Å²) in [5.74, 6) is -1.25. The highest BCUT2D eigenvalue weighted by atomic mass is 31.3. The minimum absolute atomic E-state index is 0.0322. The Morgan fingerprint density at radius 3 is 2.30 bits per heavy atom. The minimum atomic E-state index is -5.70. The van der Waals surface area contributed by atoms with Crippen molar-refractivity contribution in [3.05, 3.63) is 42.7 Å². The van der Waals surface area contributed by atoms with Crippen LogP contribution in [0.5, 0.6) is 0 Å². The van der Waals surface area contributed by atoms with E-state index in [9.17, 15) is 44.1 Å². The molecule has 44 heavy (non-hydrogen) atoms. The van der Waals surface area contributed by atoms with E-state index in [1.807, 2.05) is 0 Å². The molecular formula is C21H25N6O15P2-. The number of rotatable bonds is 11. The number of carboxylic acids is 1. The molecule has 3 aromatic rings. The highest BCUT2D eigenvalue weighted by Gasteiger charge is 2.49. The second-order valence-corrected chi connectivity index (χ2v) is 12.5. The van der Waals surface area contributed by atoms with Crippen molar-refractivity contribution in [1.29, 1.82) is 0 Å². The normalized spacial score (nSPS) is 31.6. The second-order valence-electron chi connectivity index (χ2n) is 9.59. The Morgan fingerprint density at radius 1 is 1.00 bits per heavy atom. The molecule has 7 N–H and O–H groups in total. The molecule has 240 valence electrons. The van der Waals surface area contributed by atoms with Crippen LogP contribution in [0.2, 0.25) is 0 Å². The Balaban J connectivity index is 1.16. The van der Waals surface area contributed by atoms with Gasteiger partial charge in [0.1, 0.15) is 47.9 Å². The first-order valence-corrected chi connectivity index (χ1v) is 15.4. The standard InChI is InChI=1S/C21H26N6O15P2/c22-17-12-18(24-7-23-17)27(8-25-12)20-16(31)14(29)11(41-20)6-39-44(36,37)42-43(34,35)38-5-10-13(28)15(30)19(40-10)26-3-1-2-9(4-26)21(32)33/h1-4,7-8,10-11,13-16,19-20,28-31H,5-6H2,(H4-,22,23,24,32,33,34,35,36,37)/p-1. The number of imidazole rings is 1. The number of nitrogen functional groups attached to an aromatic ring is 1. The molecule has 21 nitrogen and oxygen atoms in total. The predicted octanol–water partition coefficient (Wildman–Crippen LogP) is -3.68. The molecule has 3 aromatic heterocycles. The van der Waals surface area contributed by atoms with E-state index in [0.717, 1.165) is 17.1 Å². The van der Waals surface area contributed by atoms with E-state index in [-0.39, 0.29) is 22.5 Å². The van der Waals surface area contributed by atoms with Gasteiger partial charge in [-0.3, -0.25) is 13.7 Å². The fraction of sp³-hybridized carbons (Fsp3) is 0.476. The van der Waals surface area contributed by atoms with Crippen molar-refractivity contribution in [2.24, 2.45) is 0 Å². The highest BCUT2D eigenvalue weighted by molar-refractivity contribution is 7.59. The Morgan fingerprint density at radius 2 is 1.64 bits per heavy atom. The smallest absolute Gasteiger partial charge is 0.341 e. The highest BCUT2D eigenvalue weighted by Crippen LogP contribution is 2.56. The van der Waals surface area contributed by atoms with Gasteiger partial charge in [0, 0.05) is 6.07 Å². The van der Waals surface area contributed by atoms with Gasteiger partial charge >= 0.3 is 5.97 Å². The number of fused-ring (bicyclic) bond motifs is 1. The van der Waals surface area contributed by atoms with Gasteiger partial charge in [-0.1, -0.05) is 0 Å². The maximum atomic E-state index is 12.3. The van der Waals surface area contributed by atoms with Crippen LogP contribution in [0, 0.1) is 0 Å². The summed E-state index contributed by atoms with van der Waals surface area (Å²) in [5.41, 5.74) is 5.87. The molecule has 0 aliphatic carbocycles. The number of anilines is 1. The Hall–Kier alpha value is -3.01. The number of aliphatic hydroxyl groups is 4. The number of aromatic nitrogens is 5. The van der Waals surface area contributed by atoms with E-state index < -0.39 is 83.9 Å². The molecule has 0 saturated carbocycles. The summed E-state index contributed by atoms with van der Waals surface area (Å²) in [5, 5.41) is 50.6. The van der Waals surface area contributed by atoms with Gasteiger partial charge in [-0.05, 0) is 6.07 Å². The number of phosphoric ester groups is 2. The Kier molecular flexibility index (Phi) is 9.13. The maximum Gasteiger partial charge on any atom is 0.341 e. The van der Waals surface area contributed by atoms with Crippen LogP contribution in [0.3, 0.4) is 0 Å². The van der Waals surface area contributed by atoms with Gasteiger partial charge in [-0.15, -0.1) is 0 Å². The molecule has 0 amide bonds. The van der Waals surface area contributed by atoms with Gasteiger partial charge < -0.3 is 59.6 Å². The molecule has 0 aromatic carbocycles. The zero-order valence-corrected chi connectivity index (χ0v) is 23.8. The minimum Gasteiger partial charge on any atom is -0.756 e. The number of hydrogen-bond acceptors (Lipinski definition) is 18. The van der Waals surface area contributed by atoms with Crippen molar-refractivity contribution in [2.45, 2.75) is 49.1 Å². The van der Waals surface area contributed by atoms with Crippen LogP contribution in [0.25, 0.3) is 11.2 Å². The molecule has 5 rings (SSSR count). The summed E-state index contributed by atoms with van der Waals surface area (Å²) >= 11 is 0. The van der Waals surface area contributed by atoms with Crippen molar-refractivity contribution < 1.29 is 76.6 Å². The van der Waals surface area contributed by atoms with Crippen molar-refractivity contribution in [2.75, 3.05) is 18.9 Å². The first kappa shape index (κ1) is 32.4. The van der Waals surface area contributed by atoms with Gasteiger partial charge in [-0.25, -0.2) is 24.1 Å². The molecule has 0 bridgehead atoms. The lowest BCUT2D eigenvalue weighted by Gasteiger charge is -2.31. The van der Waals surface area contributed by atoms with E-state index in [2.05, 4.69) is 28.3 Å². The number of phosphoric acid groups is 2. The lowest BCUT2D eigenvalue weighted by molar-refractivity contribution is -0.765. The van der Waals surface area contributed by atoms with Crippen molar-refractivity contribution in [3.8, 4) is 0 Å². The molecule has 23 heteroatoms. The predicted molar refractivity (Wildman–Crippen MR) is 133 cm³/mol. The molecule has 0 spiro atoms. The molecule has 2 fully saturated rings. The zero-order valence-electron chi connectivity index (χ0n) is 22.0. The molecule has 2 saturated heterocycles. The number of ether oxygens (including phenoxy) is 2. The second kappa shape index (κ2) is 12.4. The topological polar surface area (TPSA) is 318 Å². The number of nitrogens with two attached hydrogens (primary N) is 1. The van der Waals surface area contributed by atoms with Crippen LogP contribution < -0.4 is 20.1 Å². The molecule has 2 aliphatic rings. The molecule has 5 heterocycles.